The van der Waals surface area contributed by atoms with E-state index in [0.29, 0.717) is 29.7 Å². The van der Waals surface area contributed by atoms with E-state index in [9.17, 15) is 4.79 Å². The number of nitrogens with zero attached hydrogens (tertiary/aromatic N) is 2. The minimum Gasteiger partial charge on any atom is -1.00 e. The van der Waals surface area contributed by atoms with Gasteiger partial charge in [-0.1, -0.05) is 89.9 Å². The van der Waals surface area contributed by atoms with Crippen molar-refractivity contribution in [3.05, 3.63) is 136 Å². The summed E-state index contributed by atoms with van der Waals surface area (Å²) in [6.45, 7) is 2.23. The fraction of sp³-hybridized carbons (Fsp3) is 0.250. The SMILES string of the molecule is O.O.O=C1OCC(CCC[n+]2ccc(Cc3ccccc3)cc2)(c2ccc(Cl)c(Cl)c2)CN1Cc1ccccc1.[Cl-]. The van der Waals surface area contributed by atoms with Gasteiger partial charge in [-0.2, -0.15) is 0 Å². The monoisotopic (exact) mass is 616 g/mol. The Balaban J connectivity index is 0.00000196. The lowest BCUT2D eigenvalue weighted by Crippen LogP contribution is -3.00. The summed E-state index contributed by atoms with van der Waals surface area (Å²) in [5.74, 6) is 0. The van der Waals surface area contributed by atoms with Crippen molar-refractivity contribution in [2.24, 2.45) is 0 Å². The molecule has 1 aromatic heterocycles. The van der Waals surface area contributed by atoms with Gasteiger partial charge in [-0.05, 0) is 47.2 Å². The van der Waals surface area contributed by atoms with E-state index in [1.54, 1.807) is 4.90 Å². The maximum absolute atomic E-state index is 12.7. The van der Waals surface area contributed by atoms with Crippen LogP contribution < -0.4 is 17.0 Å². The summed E-state index contributed by atoms with van der Waals surface area (Å²) in [7, 11) is 0. The molecule has 41 heavy (non-hydrogen) atoms. The van der Waals surface area contributed by atoms with Crippen LogP contribution in [0.15, 0.2) is 103 Å². The van der Waals surface area contributed by atoms with E-state index in [0.717, 1.165) is 36.9 Å². The van der Waals surface area contributed by atoms with Crippen LogP contribution in [-0.2, 0) is 29.7 Å². The topological polar surface area (TPSA) is 96.4 Å². The molecule has 1 aliphatic rings. The lowest BCUT2D eigenvalue weighted by Gasteiger charge is -2.42. The molecule has 2 heterocycles. The van der Waals surface area contributed by atoms with Crippen molar-refractivity contribution in [2.75, 3.05) is 13.2 Å². The van der Waals surface area contributed by atoms with Gasteiger partial charge in [0.25, 0.3) is 0 Å². The maximum Gasteiger partial charge on any atom is 0.410 e. The Bertz CT molecular complexity index is 1380. The Kier molecular flexibility index (Phi) is 13.1. The number of rotatable bonds is 9. The lowest BCUT2D eigenvalue weighted by atomic mass is 9.76. The second-order valence-electron chi connectivity index (χ2n) is 10.0. The first-order chi connectivity index (χ1) is 18.5. The number of cyclic esters (lactones) is 1. The molecular weight excluding hydrogens is 583 g/mol. The van der Waals surface area contributed by atoms with Crippen molar-refractivity contribution >= 4 is 29.3 Å². The highest BCUT2D eigenvalue weighted by molar-refractivity contribution is 6.42. The summed E-state index contributed by atoms with van der Waals surface area (Å²) in [4.78, 5) is 14.5. The smallest absolute Gasteiger partial charge is 0.410 e. The number of ether oxygens (including phenoxy) is 1. The Morgan fingerprint density at radius 1 is 0.805 bits per heavy atom. The molecular formula is C32H35Cl3N2O4. The van der Waals surface area contributed by atoms with E-state index in [4.69, 9.17) is 27.9 Å². The molecule has 218 valence electrons. The number of halogens is 3. The van der Waals surface area contributed by atoms with Crippen LogP contribution in [0.4, 0.5) is 4.79 Å². The first kappa shape index (κ1) is 34.1. The van der Waals surface area contributed by atoms with Gasteiger partial charge in [0.15, 0.2) is 12.4 Å². The van der Waals surface area contributed by atoms with Crippen LogP contribution in [0.3, 0.4) is 0 Å². The maximum atomic E-state index is 12.7. The summed E-state index contributed by atoms with van der Waals surface area (Å²) in [6.07, 6.45) is 6.68. The summed E-state index contributed by atoms with van der Waals surface area (Å²) in [5.41, 5.74) is 4.32. The minimum atomic E-state index is -0.384. The van der Waals surface area contributed by atoms with Gasteiger partial charge in [0.2, 0.25) is 0 Å². The molecule has 1 saturated heterocycles. The van der Waals surface area contributed by atoms with E-state index < -0.39 is 0 Å². The van der Waals surface area contributed by atoms with Gasteiger partial charge in [0, 0.05) is 37.1 Å². The summed E-state index contributed by atoms with van der Waals surface area (Å²) >= 11 is 12.7. The fourth-order valence-corrected chi connectivity index (χ4v) is 5.47. The van der Waals surface area contributed by atoms with Crippen LogP contribution >= 0.6 is 23.2 Å². The zero-order valence-corrected chi connectivity index (χ0v) is 24.9. The Morgan fingerprint density at radius 3 is 2.05 bits per heavy atom. The average Bonchev–Trinajstić information content (AvgIpc) is 2.94. The quantitative estimate of drug-likeness (QED) is 0.270. The molecule has 0 saturated carbocycles. The predicted octanol–water partition coefficient (Wildman–Crippen LogP) is 2.60. The molecule has 5 rings (SSSR count). The largest absolute Gasteiger partial charge is 1.00 e. The van der Waals surface area contributed by atoms with Crippen LogP contribution in [0, 0.1) is 0 Å². The molecule has 4 aromatic rings. The molecule has 9 heteroatoms. The van der Waals surface area contributed by atoms with Crippen molar-refractivity contribution in [3.63, 3.8) is 0 Å². The van der Waals surface area contributed by atoms with Crippen LogP contribution in [0.25, 0.3) is 0 Å². The highest BCUT2D eigenvalue weighted by atomic mass is 35.5. The van der Waals surface area contributed by atoms with Gasteiger partial charge in [-0.3, -0.25) is 0 Å². The number of carbonyl (C=O) groups is 1. The zero-order chi connectivity index (χ0) is 26.4. The lowest BCUT2D eigenvalue weighted by molar-refractivity contribution is -0.697. The highest BCUT2D eigenvalue weighted by Gasteiger charge is 2.42. The van der Waals surface area contributed by atoms with Gasteiger partial charge >= 0.3 is 6.09 Å². The van der Waals surface area contributed by atoms with Gasteiger partial charge in [0.05, 0.1) is 10.0 Å². The average molecular weight is 618 g/mol. The first-order valence-electron chi connectivity index (χ1n) is 12.9. The molecule has 4 N–H and O–H groups in total. The third-order valence-corrected chi connectivity index (χ3v) is 7.99. The Morgan fingerprint density at radius 2 is 1.41 bits per heavy atom. The van der Waals surface area contributed by atoms with Gasteiger partial charge in [-0.15, -0.1) is 0 Å². The van der Waals surface area contributed by atoms with Crippen LogP contribution in [-0.4, -0.2) is 35.1 Å². The van der Waals surface area contributed by atoms with Gasteiger partial charge in [0.1, 0.15) is 13.2 Å². The summed E-state index contributed by atoms with van der Waals surface area (Å²) in [6, 6.07) is 30.7. The molecule has 3 aromatic carbocycles. The number of carbonyl (C=O) groups excluding carboxylic acids is 1. The van der Waals surface area contributed by atoms with Gasteiger partial charge in [-0.25, -0.2) is 9.36 Å². The van der Waals surface area contributed by atoms with E-state index in [2.05, 4.69) is 53.4 Å². The van der Waals surface area contributed by atoms with Crippen LogP contribution in [0.5, 0.6) is 0 Å². The van der Waals surface area contributed by atoms with Crippen LogP contribution in [0.2, 0.25) is 10.0 Å². The molecule has 1 aliphatic heterocycles. The normalized spacial score (nSPS) is 16.0. The minimum absolute atomic E-state index is 0. The first-order valence-corrected chi connectivity index (χ1v) is 13.7. The van der Waals surface area contributed by atoms with Crippen LogP contribution in [0.1, 0.15) is 35.1 Å². The van der Waals surface area contributed by atoms with Crippen molar-refractivity contribution in [2.45, 2.75) is 37.8 Å². The third kappa shape index (κ3) is 8.68. The molecule has 0 spiro atoms. The summed E-state index contributed by atoms with van der Waals surface area (Å²) < 4.78 is 8.00. The number of benzene rings is 3. The highest BCUT2D eigenvalue weighted by Crippen LogP contribution is 2.37. The molecule has 1 fully saturated rings. The Hall–Kier alpha value is -3.13. The van der Waals surface area contributed by atoms with Gasteiger partial charge < -0.3 is 33.0 Å². The van der Waals surface area contributed by atoms with Crippen molar-refractivity contribution in [1.82, 2.24) is 4.90 Å². The van der Waals surface area contributed by atoms with Crippen molar-refractivity contribution in [1.29, 1.82) is 0 Å². The van der Waals surface area contributed by atoms with Crippen molar-refractivity contribution in [3.8, 4) is 0 Å². The molecule has 0 bridgehead atoms. The number of hydrogen-bond acceptors (Lipinski definition) is 2. The van der Waals surface area contributed by atoms with E-state index in [1.165, 1.54) is 11.1 Å². The molecule has 0 radical (unpaired) electrons. The molecule has 1 atom stereocenters. The second-order valence-corrected chi connectivity index (χ2v) is 10.8. The van der Waals surface area contributed by atoms with E-state index >= 15 is 0 Å². The standard InChI is InChI=1S/C32H31Cl2N2O2.ClH.2H2O/c33-29-13-12-28(21-30(29)34)32(23-36(31(37)38-24-32)22-27-10-5-2-6-11-27)16-7-17-35-18-14-26(15-19-35)20-25-8-3-1-4-9-25;;;/h1-6,8-15,18-19,21H,7,16-17,20,22-24H2;1H;2*1H2/q+1;;;/p-1. The molecule has 0 aliphatic carbocycles. The van der Waals surface area contributed by atoms with Crippen molar-refractivity contribution < 1.29 is 37.5 Å². The fourth-order valence-electron chi connectivity index (χ4n) is 5.17. The predicted molar refractivity (Wildman–Crippen MR) is 159 cm³/mol. The molecule has 1 unspecified atom stereocenters. The van der Waals surface area contributed by atoms with E-state index in [1.807, 2.05) is 54.6 Å². The third-order valence-electron chi connectivity index (χ3n) is 7.25. The van der Waals surface area contributed by atoms with E-state index in [-0.39, 0.29) is 34.9 Å². The number of hydrogen-bond donors (Lipinski definition) is 0. The summed E-state index contributed by atoms with van der Waals surface area (Å²) in [5, 5.41) is 1.03. The second kappa shape index (κ2) is 15.8. The number of pyridine rings is 1. The Labute approximate surface area is 257 Å². The molecule has 1 amide bonds. The molecule has 6 nitrogen and oxygen atoms in total. The number of aromatic nitrogens is 1. The zero-order valence-electron chi connectivity index (χ0n) is 22.6. The number of aryl methyl sites for hydroxylation is 1. The number of amides is 1.